The Morgan fingerprint density at radius 1 is 1.13 bits per heavy atom. The predicted molar refractivity (Wildman–Crippen MR) is 117 cm³/mol. The Kier molecular flexibility index (Phi) is 6.62. The lowest BCUT2D eigenvalue weighted by Crippen LogP contribution is -2.35. The molecule has 0 radical (unpaired) electrons. The Morgan fingerprint density at radius 2 is 1.74 bits per heavy atom. The van der Waals surface area contributed by atoms with E-state index in [1.807, 2.05) is 17.6 Å². The largest absolute Gasteiger partial charge is 0.374 e. The Morgan fingerprint density at radius 3 is 2.29 bits per heavy atom. The number of hydrogen-bond donors (Lipinski definition) is 2. The van der Waals surface area contributed by atoms with Crippen LogP contribution < -0.4 is 5.32 Å². The first-order chi connectivity index (χ1) is 14.6. The summed E-state index contributed by atoms with van der Waals surface area (Å²) in [7, 11) is -3.33. The van der Waals surface area contributed by atoms with Crippen molar-refractivity contribution >= 4 is 15.7 Å². The molecule has 1 unspecified atom stereocenters. The van der Waals surface area contributed by atoms with Gasteiger partial charge >= 0.3 is 0 Å². The zero-order valence-electron chi connectivity index (χ0n) is 17.6. The molecule has 2 N–H and O–H groups in total. The first-order valence-electron chi connectivity index (χ1n) is 9.85. The minimum Gasteiger partial charge on any atom is -0.374 e. The fourth-order valence-electron chi connectivity index (χ4n) is 3.36. The molecule has 164 valence electrons. The van der Waals surface area contributed by atoms with Crippen molar-refractivity contribution in [1.82, 2.24) is 9.88 Å². The summed E-state index contributed by atoms with van der Waals surface area (Å²) >= 11 is 0. The van der Waals surface area contributed by atoms with E-state index in [0.717, 1.165) is 28.8 Å². The van der Waals surface area contributed by atoms with E-state index in [9.17, 15) is 22.7 Å². The molecule has 8 heteroatoms. The van der Waals surface area contributed by atoms with Gasteiger partial charge in [-0.2, -0.15) is 0 Å². The molecule has 2 aromatic carbocycles. The van der Waals surface area contributed by atoms with Crippen LogP contribution >= 0.6 is 0 Å². The van der Waals surface area contributed by atoms with E-state index < -0.39 is 16.1 Å². The van der Waals surface area contributed by atoms with Gasteiger partial charge in [0.25, 0.3) is 0 Å². The van der Waals surface area contributed by atoms with Crippen LogP contribution in [0.15, 0.2) is 59.5 Å². The number of aromatic nitrogens is 1. The highest BCUT2D eigenvalue weighted by molar-refractivity contribution is 7.90. The summed E-state index contributed by atoms with van der Waals surface area (Å²) in [4.78, 5) is 12.5. The van der Waals surface area contributed by atoms with Gasteiger partial charge in [0, 0.05) is 17.6 Å². The van der Waals surface area contributed by atoms with Gasteiger partial charge in [-0.05, 0) is 66.9 Å². The molecule has 6 nitrogen and oxygen atoms in total. The molecule has 0 fully saturated rings. The van der Waals surface area contributed by atoms with Crippen LogP contribution in [0.2, 0.25) is 0 Å². The van der Waals surface area contributed by atoms with Gasteiger partial charge in [0.1, 0.15) is 12.0 Å². The van der Waals surface area contributed by atoms with Gasteiger partial charge in [0.15, 0.2) is 9.84 Å². The van der Waals surface area contributed by atoms with Gasteiger partial charge in [0.2, 0.25) is 5.91 Å². The lowest BCUT2D eigenvalue weighted by Gasteiger charge is -2.13. The molecule has 1 heterocycles. The van der Waals surface area contributed by atoms with Crippen molar-refractivity contribution in [2.75, 3.05) is 6.26 Å². The summed E-state index contributed by atoms with van der Waals surface area (Å²) < 4.78 is 38.9. The molecular formula is C23H25FN2O4S. The van der Waals surface area contributed by atoms with Crippen LogP contribution in [0, 0.1) is 12.7 Å². The lowest BCUT2D eigenvalue weighted by atomic mass is 10.1. The molecule has 3 aromatic rings. The van der Waals surface area contributed by atoms with Crippen LogP contribution in [0.4, 0.5) is 4.39 Å². The number of carbonyl (C=O) groups is 1. The Balaban J connectivity index is 2.08. The average Bonchev–Trinajstić information content (AvgIpc) is 3.04. The van der Waals surface area contributed by atoms with E-state index >= 15 is 0 Å². The number of aliphatic hydroxyl groups is 1. The highest BCUT2D eigenvalue weighted by Gasteiger charge is 2.18. The third kappa shape index (κ3) is 5.21. The second-order valence-electron chi connectivity index (χ2n) is 7.42. The first kappa shape index (κ1) is 22.7. The van der Waals surface area contributed by atoms with E-state index in [0.29, 0.717) is 12.1 Å². The summed E-state index contributed by atoms with van der Waals surface area (Å²) in [5.41, 5.74) is 3.73. The van der Waals surface area contributed by atoms with E-state index in [2.05, 4.69) is 5.32 Å². The third-order valence-electron chi connectivity index (χ3n) is 5.08. The van der Waals surface area contributed by atoms with Crippen LogP contribution in [0.25, 0.3) is 16.9 Å². The zero-order valence-corrected chi connectivity index (χ0v) is 18.4. The molecule has 0 saturated carbocycles. The second kappa shape index (κ2) is 9.03. The number of amides is 1. The van der Waals surface area contributed by atoms with Crippen molar-refractivity contribution in [2.45, 2.75) is 37.8 Å². The maximum Gasteiger partial charge on any atom is 0.226 e. The number of nitrogens with zero attached hydrogens (tertiary/aromatic N) is 1. The van der Waals surface area contributed by atoms with Gasteiger partial charge in [-0.15, -0.1) is 0 Å². The van der Waals surface area contributed by atoms with Gasteiger partial charge in [0.05, 0.1) is 17.0 Å². The number of halogens is 1. The molecule has 1 atom stereocenters. The Labute approximate surface area is 181 Å². The van der Waals surface area contributed by atoms with Crippen molar-refractivity contribution in [3.8, 4) is 16.9 Å². The molecule has 1 amide bonds. The monoisotopic (exact) mass is 444 g/mol. The van der Waals surface area contributed by atoms with Gasteiger partial charge < -0.3 is 15.0 Å². The fourth-order valence-corrected chi connectivity index (χ4v) is 3.99. The molecule has 1 aromatic heterocycles. The number of benzene rings is 2. The molecule has 0 aliphatic heterocycles. The Hall–Kier alpha value is -2.97. The highest BCUT2D eigenvalue weighted by Crippen LogP contribution is 2.30. The van der Waals surface area contributed by atoms with Crippen LogP contribution in [0.3, 0.4) is 0 Å². The first-order valence-corrected chi connectivity index (χ1v) is 11.7. The third-order valence-corrected chi connectivity index (χ3v) is 6.21. The molecule has 0 bridgehead atoms. The topological polar surface area (TPSA) is 88.4 Å². The Bertz CT molecular complexity index is 1180. The summed E-state index contributed by atoms with van der Waals surface area (Å²) in [6.45, 7) is 3.62. The van der Waals surface area contributed by atoms with E-state index in [1.54, 1.807) is 31.2 Å². The maximum atomic E-state index is 13.5. The quantitative estimate of drug-likeness (QED) is 0.547. The number of sulfone groups is 1. The summed E-state index contributed by atoms with van der Waals surface area (Å²) in [6, 6.07) is 14.3. The fraction of sp³-hybridized carbons (Fsp3) is 0.261. The van der Waals surface area contributed by atoms with Crippen LogP contribution in [0.1, 0.15) is 24.6 Å². The van der Waals surface area contributed by atoms with E-state index in [1.165, 1.54) is 24.3 Å². The highest BCUT2D eigenvalue weighted by atomic mass is 32.2. The lowest BCUT2D eigenvalue weighted by molar-refractivity contribution is -0.123. The standard InChI is InChI=1S/C23H25FN2O4S/c1-4-22(27)25-23(28)14-17-13-21(16-5-11-20(12-6-16)31(3,29)30)26(15(17)2)19-9-7-18(24)8-10-19/h5-13,22,27H,4,14H2,1-3H3,(H,25,28). The normalized spacial score (nSPS) is 12.5. The van der Waals surface area contributed by atoms with E-state index in [-0.39, 0.29) is 23.0 Å². The van der Waals surface area contributed by atoms with Crippen molar-refractivity contribution < 1.29 is 22.7 Å². The summed E-state index contributed by atoms with van der Waals surface area (Å²) in [5.74, 6) is -0.673. The molecule has 31 heavy (non-hydrogen) atoms. The smallest absolute Gasteiger partial charge is 0.226 e. The summed E-state index contributed by atoms with van der Waals surface area (Å²) in [5, 5.41) is 12.2. The minimum absolute atomic E-state index is 0.0610. The van der Waals surface area contributed by atoms with Gasteiger partial charge in [-0.3, -0.25) is 4.79 Å². The van der Waals surface area contributed by atoms with Crippen LogP contribution in [-0.4, -0.2) is 36.5 Å². The minimum atomic E-state index is -3.33. The molecule has 3 rings (SSSR count). The SMILES string of the molecule is CCC(O)NC(=O)Cc1cc(-c2ccc(S(C)(=O)=O)cc2)n(-c2ccc(F)cc2)c1C. The zero-order chi connectivity index (χ0) is 22.8. The van der Waals surface area contributed by atoms with E-state index in [4.69, 9.17) is 0 Å². The number of nitrogens with one attached hydrogen (secondary N) is 1. The summed E-state index contributed by atoms with van der Waals surface area (Å²) in [6.07, 6.45) is 0.703. The molecule has 0 aliphatic rings. The molecular weight excluding hydrogens is 419 g/mol. The van der Waals surface area contributed by atoms with Gasteiger partial charge in [-0.25, -0.2) is 12.8 Å². The molecule has 0 aliphatic carbocycles. The van der Waals surface area contributed by atoms with Gasteiger partial charge in [-0.1, -0.05) is 19.1 Å². The predicted octanol–water partition coefficient (Wildman–Crippen LogP) is 3.38. The van der Waals surface area contributed by atoms with Crippen LogP contribution in [0.5, 0.6) is 0 Å². The second-order valence-corrected chi connectivity index (χ2v) is 9.43. The molecule has 0 saturated heterocycles. The molecule has 0 spiro atoms. The van der Waals surface area contributed by atoms with Crippen molar-refractivity contribution in [3.63, 3.8) is 0 Å². The van der Waals surface area contributed by atoms with Crippen molar-refractivity contribution in [2.24, 2.45) is 0 Å². The van der Waals surface area contributed by atoms with Crippen molar-refractivity contribution in [3.05, 3.63) is 71.7 Å². The van der Waals surface area contributed by atoms with Crippen LogP contribution in [-0.2, 0) is 21.1 Å². The number of aliphatic hydroxyl groups excluding tert-OH is 1. The maximum absolute atomic E-state index is 13.5. The van der Waals surface area contributed by atoms with Crippen molar-refractivity contribution in [1.29, 1.82) is 0 Å². The number of carbonyl (C=O) groups excluding carboxylic acids is 1. The number of hydrogen-bond acceptors (Lipinski definition) is 4. The number of rotatable bonds is 7. The average molecular weight is 445 g/mol.